The standard InChI is InChI=1S/C19H21N3O4/c1-4-26-18-15(8-6-10-17(18)25-3)12-20-22-19(24)14-7-5-9-16(11-14)21-13(2)23/h5-12H,4H2,1-3H3,(H,21,23)(H,22,24). The molecule has 2 aromatic rings. The second kappa shape index (κ2) is 9.22. The molecular formula is C19H21N3O4. The molecule has 0 spiro atoms. The van der Waals surface area contributed by atoms with E-state index in [1.807, 2.05) is 6.92 Å². The number of rotatable bonds is 7. The van der Waals surface area contributed by atoms with Crippen molar-refractivity contribution in [2.24, 2.45) is 5.10 Å². The van der Waals surface area contributed by atoms with Gasteiger partial charge in [0.2, 0.25) is 5.91 Å². The van der Waals surface area contributed by atoms with Crippen molar-refractivity contribution in [2.45, 2.75) is 13.8 Å². The van der Waals surface area contributed by atoms with Crippen molar-refractivity contribution >= 4 is 23.7 Å². The topological polar surface area (TPSA) is 89.0 Å². The molecule has 2 rings (SSSR count). The van der Waals surface area contributed by atoms with Gasteiger partial charge in [0.25, 0.3) is 5.91 Å². The van der Waals surface area contributed by atoms with Gasteiger partial charge < -0.3 is 14.8 Å². The molecule has 0 aliphatic heterocycles. The first-order valence-electron chi connectivity index (χ1n) is 8.06. The molecule has 0 atom stereocenters. The van der Waals surface area contributed by atoms with Crippen molar-refractivity contribution in [2.75, 3.05) is 19.0 Å². The molecule has 0 heterocycles. The van der Waals surface area contributed by atoms with E-state index in [0.29, 0.717) is 34.9 Å². The molecule has 0 radical (unpaired) electrons. The normalized spacial score (nSPS) is 10.4. The van der Waals surface area contributed by atoms with Crippen molar-refractivity contribution in [3.8, 4) is 11.5 Å². The van der Waals surface area contributed by atoms with Crippen LogP contribution >= 0.6 is 0 Å². The Labute approximate surface area is 152 Å². The summed E-state index contributed by atoms with van der Waals surface area (Å²) in [5, 5.41) is 6.61. The number of nitrogens with one attached hydrogen (secondary N) is 2. The molecule has 0 aromatic heterocycles. The van der Waals surface area contributed by atoms with E-state index in [9.17, 15) is 9.59 Å². The molecule has 0 fully saturated rings. The fourth-order valence-electron chi connectivity index (χ4n) is 2.26. The van der Waals surface area contributed by atoms with Gasteiger partial charge in [-0.2, -0.15) is 5.10 Å². The van der Waals surface area contributed by atoms with Crippen molar-refractivity contribution in [1.29, 1.82) is 0 Å². The van der Waals surface area contributed by atoms with Gasteiger partial charge in [0.1, 0.15) is 0 Å². The lowest BCUT2D eigenvalue weighted by molar-refractivity contribution is -0.114. The Morgan fingerprint density at radius 1 is 1.19 bits per heavy atom. The molecule has 0 unspecified atom stereocenters. The number of para-hydroxylation sites is 1. The zero-order chi connectivity index (χ0) is 18.9. The van der Waals surface area contributed by atoms with Crippen molar-refractivity contribution in [3.05, 3.63) is 53.6 Å². The minimum absolute atomic E-state index is 0.206. The number of anilines is 1. The van der Waals surface area contributed by atoms with Crippen LogP contribution in [0.5, 0.6) is 11.5 Å². The van der Waals surface area contributed by atoms with Crippen LogP contribution in [-0.4, -0.2) is 31.7 Å². The third kappa shape index (κ3) is 5.07. The van der Waals surface area contributed by atoms with Crippen LogP contribution in [-0.2, 0) is 4.79 Å². The number of carbonyl (C=O) groups is 2. The minimum atomic E-state index is -0.394. The van der Waals surface area contributed by atoms with Crippen LogP contribution in [0.3, 0.4) is 0 Å². The molecule has 0 aliphatic carbocycles. The second-order valence-electron chi connectivity index (χ2n) is 5.27. The molecule has 2 amide bonds. The molecule has 2 aromatic carbocycles. The molecule has 0 bridgehead atoms. The van der Waals surface area contributed by atoms with Crippen LogP contribution < -0.4 is 20.2 Å². The molecule has 0 saturated heterocycles. The van der Waals surface area contributed by atoms with Gasteiger partial charge in [-0.1, -0.05) is 12.1 Å². The highest BCUT2D eigenvalue weighted by Gasteiger charge is 2.09. The Kier molecular flexibility index (Phi) is 6.73. The summed E-state index contributed by atoms with van der Waals surface area (Å²) in [4.78, 5) is 23.3. The first-order valence-corrected chi connectivity index (χ1v) is 8.06. The zero-order valence-electron chi connectivity index (χ0n) is 14.9. The average molecular weight is 355 g/mol. The third-order valence-corrected chi connectivity index (χ3v) is 3.33. The van der Waals surface area contributed by atoms with Gasteiger partial charge in [-0.15, -0.1) is 0 Å². The van der Waals surface area contributed by atoms with E-state index < -0.39 is 5.91 Å². The number of methoxy groups -OCH3 is 1. The maximum absolute atomic E-state index is 12.2. The summed E-state index contributed by atoms with van der Waals surface area (Å²) >= 11 is 0. The van der Waals surface area contributed by atoms with Crippen LogP contribution in [0.1, 0.15) is 29.8 Å². The van der Waals surface area contributed by atoms with E-state index in [4.69, 9.17) is 9.47 Å². The van der Waals surface area contributed by atoms with Crippen molar-refractivity contribution in [3.63, 3.8) is 0 Å². The van der Waals surface area contributed by atoms with Gasteiger partial charge in [0.15, 0.2) is 11.5 Å². The molecule has 0 aliphatic rings. The second-order valence-corrected chi connectivity index (χ2v) is 5.27. The van der Waals surface area contributed by atoms with Crippen LogP contribution in [0.2, 0.25) is 0 Å². The van der Waals surface area contributed by atoms with Gasteiger partial charge in [-0.3, -0.25) is 9.59 Å². The molecule has 0 saturated carbocycles. The molecule has 7 nitrogen and oxygen atoms in total. The summed E-state index contributed by atoms with van der Waals surface area (Å²) in [5.41, 5.74) is 4.06. The van der Waals surface area contributed by atoms with Crippen molar-refractivity contribution in [1.82, 2.24) is 5.43 Å². The lowest BCUT2D eigenvalue weighted by Crippen LogP contribution is -2.18. The fourth-order valence-corrected chi connectivity index (χ4v) is 2.26. The Balaban J connectivity index is 2.11. The van der Waals surface area contributed by atoms with Crippen LogP contribution in [0.25, 0.3) is 0 Å². The summed E-state index contributed by atoms with van der Waals surface area (Å²) in [6.07, 6.45) is 1.49. The number of hydrazone groups is 1. The lowest BCUT2D eigenvalue weighted by atomic mass is 10.2. The Morgan fingerprint density at radius 2 is 1.96 bits per heavy atom. The van der Waals surface area contributed by atoms with Gasteiger partial charge in [-0.25, -0.2) is 5.43 Å². The summed E-state index contributed by atoms with van der Waals surface area (Å²) < 4.78 is 10.9. The third-order valence-electron chi connectivity index (χ3n) is 3.33. The lowest BCUT2D eigenvalue weighted by Gasteiger charge is -2.11. The van der Waals surface area contributed by atoms with E-state index in [1.54, 1.807) is 49.6 Å². The zero-order valence-corrected chi connectivity index (χ0v) is 14.9. The minimum Gasteiger partial charge on any atom is -0.493 e. The van der Waals surface area contributed by atoms with Gasteiger partial charge in [0.05, 0.1) is 19.9 Å². The number of hydrogen-bond donors (Lipinski definition) is 2. The maximum atomic E-state index is 12.2. The van der Waals surface area contributed by atoms with Gasteiger partial charge in [-0.05, 0) is 37.3 Å². The number of nitrogens with zero attached hydrogens (tertiary/aromatic N) is 1. The highest BCUT2D eigenvalue weighted by Crippen LogP contribution is 2.29. The quantitative estimate of drug-likeness (QED) is 0.590. The number of hydrogen-bond acceptors (Lipinski definition) is 5. The SMILES string of the molecule is CCOc1c(C=NNC(=O)c2cccc(NC(C)=O)c2)cccc1OC. The average Bonchev–Trinajstić information content (AvgIpc) is 2.62. The predicted molar refractivity (Wildman–Crippen MR) is 100.0 cm³/mol. The molecule has 136 valence electrons. The smallest absolute Gasteiger partial charge is 0.271 e. The first kappa shape index (κ1) is 19.0. The highest BCUT2D eigenvalue weighted by molar-refractivity contribution is 5.97. The molecule has 2 N–H and O–H groups in total. The van der Waals surface area contributed by atoms with E-state index in [-0.39, 0.29) is 5.91 Å². The van der Waals surface area contributed by atoms with Gasteiger partial charge in [0, 0.05) is 23.7 Å². The summed E-state index contributed by atoms with van der Waals surface area (Å²) in [6, 6.07) is 12.0. The van der Waals surface area contributed by atoms with Gasteiger partial charge >= 0.3 is 0 Å². The predicted octanol–water partition coefficient (Wildman–Crippen LogP) is 2.82. The van der Waals surface area contributed by atoms with Crippen LogP contribution in [0.4, 0.5) is 5.69 Å². The largest absolute Gasteiger partial charge is 0.493 e. The van der Waals surface area contributed by atoms with Crippen LogP contribution in [0, 0.1) is 0 Å². The van der Waals surface area contributed by atoms with Crippen LogP contribution in [0.15, 0.2) is 47.6 Å². The van der Waals surface area contributed by atoms with E-state index in [1.165, 1.54) is 13.1 Å². The molecular weight excluding hydrogens is 334 g/mol. The number of benzene rings is 2. The fraction of sp³-hybridized carbons (Fsp3) is 0.211. The number of carbonyl (C=O) groups excluding carboxylic acids is 2. The summed E-state index contributed by atoms with van der Waals surface area (Å²) in [6.45, 7) is 3.75. The molecule has 26 heavy (non-hydrogen) atoms. The Hall–Kier alpha value is -3.35. The highest BCUT2D eigenvalue weighted by atomic mass is 16.5. The van der Waals surface area contributed by atoms with Crippen molar-refractivity contribution < 1.29 is 19.1 Å². The first-order chi connectivity index (χ1) is 12.5. The van der Waals surface area contributed by atoms with E-state index in [2.05, 4.69) is 15.8 Å². The number of amides is 2. The number of ether oxygens (including phenoxy) is 2. The molecule has 7 heteroatoms. The Bertz CT molecular complexity index is 818. The monoisotopic (exact) mass is 355 g/mol. The summed E-state index contributed by atoms with van der Waals surface area (Å²) in [5.74, 6) is 0.546. The Morgan fingerprint density at radius 3 is 2.65 bits per heavy atom. The summed E-state index contributed by atoms with van der Waals surface area (Å²) in [7, 11) is 1.56. The van der Waals surface area contributed by atoms with E-state index in [0.717, 1.165) is 0 Å². The maximum Gasteiger partial charge on any atom is 0.271 e. The van der Waals surface area contributed by atoms with E-state index >= 15 is 0 Å².